The van der Waals surface area contributed by atoms with E-state index in [1.54, 1.807) is 18.8 Å². The van der Waals surface area contributed by atoms with Gasteiger partial charge in [-0.2, -0.15) is 5.10 Å². The summed E-state index contributed by atoms with van der Waals surface area (Å²) < 4.78 is 12.4. The second-order valence-corrected chi connectivity index (χ2v) is 6.02. The molecule has 23 heavy (non-hydrogen) atoms. The number of thioether (sulfide) groups is 1. The molecule has 2 rings (SSSR count). The van der Waals surface area contributed by atoms with Gasteiger partial charge in [-0.3, -0.25) is 9.48 Å². The zero-order chi connectivity index (χ0) is 16.7. The van der Waals surface area contributed by atoms with Gasteiger partial charge in [0.2, 0.25) is 5.91 Å². The predicted molar refractivity (Wildman–Crippen MR) is 92.4 cm³/mol. The topological polar surface area (TPSA) is 65.4 Å². The Hall–Kier alpha value is -2.15. The molecule has 1 aromatic heterocycles. The molecule has 1 heterocycles. The Labute approximate surface area is 140 Å². The highest BCUT2D eigenvalue weighted by atomic mass is 32.2. The first-order valence-electron chi connectivity index (χ1n) is 7.23. The zero-order valence-corrected chi connectivity index (χ0v) is 14.4. The van der Waals surface area contributed by atoms with Gasteiger partial charge in [0.1, 0.15) is 17.3 Å². The molecule has 7 heteroatoms. The number of nitrogens with zero attached hydrogens (tertiary/aromatic N) is 2. The molecule has 0 aliphatic heterocycles. The quantitative estimate of drug-likeness (QED) is 0.751. The summed E-state index contributed by atoms with van der Waals surface area (Å²) in [4.78, 5) is 11.8. The largest absolute Gasteiger partial charge is 0.497 e. The van der Waals surface area contributed by atoms with E-state index >= 15 is 0 Å². The summed E-state index contributed by atoms with van der Waals surface area (Å²) in [6.07, 6.45) is 0. The molecule has 0 saturated carbocycles. The lowest BCUT2D eigenvalue weighted by Crippen LogP contribution is -2.17. The lowest BCUT2D eigenvalue weighted by atomic mass is 10.3. The third-order valence-corrected chi connectivity index (χ3v) is 3.98. The molecule has 0 aliphatic rings. The second kappa shape index (κ2) is 8.47. The maximum atomic E-state index is 11.8. The van der Waals surface area contributed by atoms with Crippen LogP contribution in [0.5, 0.6) is 11.5 Å². The summed E-state index contributed by atoms with van der Waals surface area (Å²) in [5.41, 5.74) is 0.878. The normalized spacial score (nSPS) is 10.4. The first kappa shape index (κ1) is 17.2. The first-order valence-corrected chi connectivity index (χ1v) is 8.39. The minimum atomic E-state index is -0.0394. The fraction of sp³-hybridized carbons (Fsp3) is 0.375. The highest BCUT2D eigenvalue weighted by molar-refractivity contribution is 7.99. The van der Waals surface area contributed by atoms with Crippen LogP contribution in [-0.4, -0.2) is 40.9 Å². The summed E-state index contributed by atoms with van der Waals surface area (Å²) in [5.74, 6) is 3.39. The van der Waals surface area contributed by atoms with Crippen LogP contribution in [0.25, 0.3) is 0 Å². The molecule has 1 N–H and O–H groups in total. The van der Waals surface area contributed by atoms with Crippen molar-refractivity contribution in [3.8, 4) is 11.5 Å². The number of hydrogen-bond acceptors (Lipinski definition) is 5. The van der Waals surface area contributed by atoms with Gasteiger partial charge in [0, 0.05) is 18.9 Å². The monoisotopic (exact) mass is 335 g/mol. The van der Waals surface area contributed by atoms with E-state index in [0.717, 1.165) is 22.9 Å². The van der Waals surface area contributed by atoms with Crippen LogP contribution in [0.2, 0.25) is 0 Å². The molecule has 0 unspecified atom stereocenters. The SMILES string of the molecule is COc1ccc(OCCSCC(=O)Nc2cc(C)nn2C)cc1. The van der Waals surface area contributed by atoms with Crippen LogP contribution in [0, 0.1) is 6.92 Å². The van der Waals surface area contributed by atoms with Crippen LogP contribution < -0.4 is 14.8 Å². The molecule has 0 radical (unpaired) electrons. The smallest absolute Gasteiger partial charge is 0.235 e. The number of methoxy groups -OCH3 is 1. The number of nitrogens with one attached hydrogen (secondary N) is 1. The van der Waals surface area contributed by atoms with E-state index in [9.17, 15) is 4.79 Å². The summed E-state index contributed by atoms with van der Waals surface area (Å²) in [5, 5.41) is 7.02. The maximum absolute atomic E-state index is 11.8. The van der Waals surface area contributed by atoms with Gasteiger partial charge in [0.05, 0.1) is 25.2 Å². The van der Waals surface area contributed by atoms with E-state index in [0.29, 0.717) is 18.2 Å². The van der Waals surface area contributed by atoms with E-state index in [2.05, 4.69) is 10.4 Å². The number of amides is 1. The standard InChI is InChI=1S/C16H21N3O3S/c1-12-10-15(19(2)18-12)17-16(20)11-23-9-8-22-14-6-4-13(21-3)5-7-14/h4-7,10H,8-9,11H2,1-3H3,(H,17,20). The van der Waals surface area contributed by atoms with Crippen molar-refractivity contribution in [2.75, 3.05) is 30.5 Å². The molecule has 124 valence electrons. The number of rotatable bonds is 8. The molecule has 6 nitrogen and oxygen atoms in total. The maximum Gasteiger partial charge on any atom is 0.235 e. The molecule has 0 fully saturated rings. The van der Waals surface area contributed by atoms with Crippen LogP contribution >= 0.6 is 11.8 Å². The van der Waals surface area contributed by atoms with Crippen molar-refractivity contribution in [3.63, 3.8) is 0 Å². The van der Waals surface area contributed by atoms with Crippen molar-refractivity contribution in [3.05, 3.63) is 36.0 Å². The zero-order valence-electron chi connectivity index (χ0n) is 13.5. The molecule has 1 amide bonds. The number of carbonyl (C=O) groups is 1. The first-order chi connectivity index (χ1) is 11.1. The van der Waals surface area contributed by atoms with Crippen molar-refractivity contribution in [2.45, 2.75) is 6.92 Å². The minimum absolute atomic E-state index is 0.0394. The van der Waals surface area contributed by atoms with Crippen LogP contribution in [0.15, 0.2) is 30.3 Å². The number of aromatic nitrogens is 2. The van der Waals surface area contributed by atoms with E-state index in [-0.39, 0.29) is 5.91 Å². The Morgan fingerprint density at radius 3 is 2.61 bits per heavy atom. The molecule has 0 saturated heterocycles. The number of hydrogen-bond donors (Lipinski definition) is 1. The summed E-state index contributed by atoms with van der Waals surface area (Å²) in [6, 6.07) is 9.27. The van der Waals surface area contributed by atoms with E-state index < -0.39 is 0 Å². The van der Waals surface area contributed by atoms with Crippen molar-refractivity contribution >= 4 is 23.5 Å². The number of benzene rings is 1. The molecule has 0 aliphatic carbocycles. The number of anilines is 1. The highest BCUT2D eigenvalue weighted by Crippen LogP contribution is 2.17. The van der Waals surface area contributed by atoms with Gasteiger partial charge in [0.15, 0.2) is 0 Å². The highest BCUT2D eigenvalue weighted by Gasteiger charge is 2.07. The predicted octanol–water partition coefficient (Wildman–Crippen LogP) is 2.49. The van der Waals surface area contributed by atoms with E-state index in [1.807, 2.05) is 37.3 Å². The number of aryl methyl sites for hydroxylation is 2. The lowest BCUT2D eigenvalue weighted by molar-refractivity contribution is -0.113. The molecule has 0 spiro atoms. The minimum Gasteiger partial charge on any atom is -0.497 e. The van der Waals surface area contributed by atoms with Crippen molar-refractivity contribution < 1.29 is 14.3 Å². The summed E-state index contributed by atoms with van der Waals surface area (Å²) in [7, 11) is 3.43. The van der Waals surface area contributed by atoms with Crippen molar-refractivity contribution in [1.29, 1.82) is 0 Å². The fourth-order valence-corrected chi connectivity index (χ4v) is 2.56. The Morgan fingerprint density at radius 2 is 2.00 bits per heavy atom. The van der Waals surface area contributed by atoms with Crippen molar-refractivity contribution in [1.82, 2.24) is 9.78 Å². The summed E-state index contributed by atoms with van der Waals surface area (Å²) in [6.45, 7) is 2.44. The molecular weight excluding hydrogens is 314 g/mol. The van der Waals surface area contributed by atoms with Gasteiger partial charge >= 0.3 is 0 Å². The number of ether oxygens (including phenoxy) is 2. The molecule has 2 aromatic rings. The van der Waals surface area contributed by atoms with Crippen LogP contribution in [0.4, 0.5) is 5.82 Å². The molecule has 0 atom stereocenters. The van der Waals surface area contributed by atoms with Gasteiger partial charge in [0.25, 0.3) is 0 Å². The molecular formula is C16H21N3O3S. The van der Waals surface area contributed by atoms with E-state index in [4.69, 9.17) is 9.47 Å². The van der Waals surface area contributed by atoms with Crippen molar-refractivity contribution in [2.24, 2.45) is 7.05 Å². The van der Waals surface area contributed by atoms with Gasteiger partial charge in [-0.1, -0.05) is 0 Å². The average Bonchev–Trinajstić information content (AvgIpc) is 2.85. The molecule has 1 aromatic carbocycles. The Balaban J connectivity index is 1.63. The van der Waals surface area contributed by atoms with Gasteiger partial charge in [-0.25, -0.2) is 0 Å². The third kappa shape index (κ3) is 5.52. The van der Waals surface area contributed by atoms with Gasteiger partial charge < -0.3 is 14.8 Å². The second-order valence-electron chi connectivity index (χ2n) is 4.92. The molecule has 0 bridgehead atoms. The van der Waals surface area contributed by atoms with E-state index in [1.165, 1.54) is 11.8 Å². The average molecular weight is 335 g/mol. The third-order valence-electron chi connectivity index (χ3n) is 3.06. The van der Waals surface area contributed by atoms with Crippen LogP contribution in [-0.2, 0) is 11.8 Å². The number of carbonyl (C=O) groups excluding carboxylic acids is 1. The summed E-state index contributed by atoms with van der Waals surface area (Å²) >= 11 is 1.53. The van der Waals surface area contributed by atoms with Gasteiger partial charge in [-0.05, 0) is 31.2 Å². The Bertz CT molecular complexity index is 641. The Kier molecular flexibility index (Phi) is 6.34. The Morgan fingerprint density at radius 1 is 1.30 bits per heavy atom. The van der Waals surface area contributed by atoms with Gasteiger partial charge in [-0.15, -0.1) is 11.8 Å². The fourth-order valence-electron chi connectivity index (χ4n) is 1.96. The van der Waals surface area contributed by atoms with Crippen LogP contribution in [0.3, 0.4) is 0 Å². The van der Waals surface area contributed by atoms with Crippen LogP contribution in [0.1, 0.15) is 5.69 Å². The lowest BCUT2D eigenvalue weighted by Gasteiger charge is -2.07.